The Labute approximate surface area is 106 Å². The molecule has 0 heterocycles. The molecule has 1 atom stereocenters. The first kappa shape index (κ1) is 12.6. The summed E-state index contributed by atoms with van der Waals surface area (Å²) in [6.07, 6.45) is 1.78. The Hall–Kier alpha value is -1.84. The molecule has 1 aliphatic rings. The van der Waals surface area contributed by atoms with Crippen LogP contribution in [0.4, 0.5) is 0 Å². The molecule has 1 unspecified atom stereocenters. The molecule has 4 nitrogen and oxygen atoms in total. The summed E-state index contributed by atoms with van der Waals surface area (Å²) in [6, 6.07) is 10.3. The van der Waals surface area contributed by atoms with Crippen LogP contribution in [0.1, 0.15) is 31.2 Å². The van der Waals surface area contributed by atoms with Crippen molar-refractivity contribution in [3.8, 4) is 0 Å². The fourth-order valence-corrected chi connectivity index (χ4v) is 2.17. The monoisotopic (exact) mass is 247 g/mol. The first-order valence-electron chi connectivity index (χ1n) is 6.16. The molecule has 0 spiro atoms. The first-order valence-corrected chi connectivity index (χ1v) is 6.16. The van der Waals surface area contributed by atoms with Gasteiger partial charge < -0.3 is 10.4 Å². The average Bonchev–Trinajstić information content (AvgIpc) is 2.32. The second-order valence-electron chi connectivity index (χ2n) is 4.84. The zero-order chi connectivity index (χ0) is 13.1. The molecule has 0 aliphatic heterocycles. The highest BCUT2D eigenvalue weighted by Crippen LogP contribution is 2.36. The van der Waals surface area contributed by atoms with Crippen LogP contribution < -0.4 is 5.32 Å². The van der Waals surface area contributed by atoms with Crippen molar-refractivity contribution in [1.82, 2.24) is 5.32 Å². The number of carboxylic acid groups (broad SMARTS) is 1. The predicted molar refractivity (Wildman–Crippen MR) is 67.1 cm³/mol. The molecule has 0 aromatic heterocycles. The molecular weight excluding hydrogens is 230 g/mol. The Morgan fingerprint density at radius 1 is 1.28 bits per heavy atom. The summed E-state index contributed by atoms with van der Waals surface area (Å²) >= 11 is 0. The molecule has 1 saturated carbocycles. The van der Waals surface area contributed by atoms with Crippen LogP contribution in [0.2, 0.25) is 0 Å². The Balaban J connectivity index is 1.80. The summed E-state index contributed by atoms with van der Waals surface area (Å²) in [6.45, 7) is 1.41. The van der Waals surface area contributed by atoms with Crippen LogP contribution in [-0.2, 0) is 9.59 Å². The number of carbonyl (C=O) groups is 2. The number of hydrogen-bond donors (Lipinski definition) is 2. The summed E-state index contributed by atoms with van der Waals surface area (Å²) in [7, 11) is 0. The van der Waals surface area contributed by atoms with E-state index in [1.54, 1.807) is 0 Å². The molecule has 1 amide bonds. The molecule has 4 heteroatoms. The zero-order valence-electron chi connectivity index (χ0n) is 10.3. The summed E-state index contributed by atoms with van der Waals surface area (Å²) in [5.41, 5.74) is 1.29. The number of nitrogens with one attached hydrogen (secondary N) is 1. The SMILES string of the molecule is CC(C(=O)O)C(=O)NC1CC(c2ccccc2)C1. The molecule has 0 bridgehead atoms. The summed E-state index contributed by atoms with van der Waals surface area (Å²) in [5, 5.41) is 11.5. The fourth-order valence-electron chi connectivity index (χ4n) is 2.17. The van der Waals surface area contributed by atoms with Gasteiger partial charge in [-0.15, -0.1) is 0 Å². The molecule has 96 valence electrons. The number of rotatable bonds is 4. The smallest absolute Gasteiger partial charge is 0.315 e. The third-order valence-corrected chi connectivity index (χ3v) is 3.52. The lowest BCUT2D eigenvalue weighted by Gasteiger charge is -2.36. The molecule has 0 radical (unpaired) electrons. The summed E-state index contributed by atoms with van der Waals surface area (Å²) < 4.78 is 0. The third kappa shape index (κ3) is 2.70. The number of hydrogen-bond acceptors (Lipinski definition) is 2. The Bertz CT molecular complexity index is 438. The van der Waals surface area contributed by atoms with Crippen LogP contribution in [0.3, 0.4) is 0 Å². The molecule has 1 fully saturated rings. The van der Waals surface area contributed by atoms with Gasteiger partial charge in [-0.3, -0.25) is 9.59 Å². The van der Waals surface area contributed by atoms with E-state index in [4.69, 9.17) is 5.11 Å². The number of carboxylic acids is 1. The number of benzene rings is 1. The quantitative estimate of drug-likeness (QED) is 0.797. The van der Waals surface area contributed by atoms with Gasteiger partial charge in [0.1, 0.15) is 5.92 Å². The van der Waals surface area contributed by atoms with E-state index in [-0.39, 0.29) is 11.9 Å². The van der Waals surface area contributed by atoms with E-state index in [1.165, 1.54) is 12.5 Å². The van der Waals surface area contributed by atoms with E-state index in [1.807, 2.05) is 18.2 Å². The minimum atomic E-state index is -1.08. The van der Waals surface area contributed by atoms with Crippen molar-refractivity contribution >= 4 is 11.9 Å². The van der Waals surface area contributed by atoms with Gasteiger partial charge in [0, 0.05) is 6.04 Å². The lowest BCUT2D eigenvalue weighted by atomic mass is 9.76. The highest BCUT2D eigenvalue weighted by molar-refractivity contribution is 5.96. The normalized spacial score (nSPS) is 23.8. The summed E-state index contributed by atoms with van der Waals surface area (Å²) in [5.74, 6) is -1.96. The van der Waals surface area contributed by atoms with E-state index in [0.29, 0.717) is 5.92 Å². The largest absolute Gasteiger partial charge is 0.481 e. The van der Waals surface area contributed by atoms with Crippen molar-refractivity contribution in [2.75, 3.05) is 0 Å². The standard InChI is InChI=1S/C14H17NO3/c1-9(14(17)18)13(16)15-12-7-11(8-12)10-5-3-2-4-6-10/h2-6,9,11-12H,7-8H2,1H3,(H,15,16)(H,17,18). The number of amides is 1. The predicted octanol–water partition coefficient (Wildman–Crippen LogP) is 1.77. The van der Waals surface area contributed by atoms with Crippen molar-refractivity contribution in [3.63, 3.8) is 0 Å². The van der Waals surface area contributed by atoms with E-state index in [9.17, 15) is 9.59 Å². The highest BCUT2D eigenvalue weighted by Gasteiger charge is 2.33. The lowest BCUT2D eigenvalue weighted by Crippen LogP contribution is -2.46. The van der Waals surface area contributed by atoms with Gasteiger partial charge in [0.25, 0.3) is 0 Å². The molecule has 1 aromatic rings. The van der Waals surface area contributed by atoms with Crippen LogP contribution in [0.25, 0.3) is 0 Å². The Morgan fingerprint density at radius 2 is 1.89 bits per heavy atom. The minimum absolute atomic E-state index is 0.115. The van der Waals surface area contributed by atoms with Gasteiger partial charge in [0.2, 0.25) is 5.91 Å². The van der Waals surface area contributed by atoms with Gasteiger partial charge in [0.05, 0.1) is 0 Å². The Kier molecular flexibility index (Phi) is 3.65. The highest BCUT2D eigenvalue weighted by atomic mass is 16.4. The number of carbonyl (C=O) groups excluding carboxylic acids is 1. The van der Waals surface area contributed by atoms with Crippen LogP contribution in [-0.4, -0.2) is 23.0 Å². The van der Waals surface area contributed by atoms with Gasteiger partial charge in [-0.25, -0.2) is 0 Å². The van der Waals surface area contributed by atoms with Crippen molar-refractivity contribution in [3.05, 3.63) is 35.9 Å². The van der Waals surface area contributed by atoms with Crippen LogP contribution in [0, 0.1) is 5.92 Å². The number of aliphatic carboxylic acids is 1. The van der Waals surface area contributed by atoms with Gasteiger partial charge in [-0.05, 0) is 31.2 Å². The molecular formula is C14H17NO3. The molecule has 2 rings (SSSR count). The van der Waals surface area contributed by atoms with Crippen molar-refractivity contribution < 1.29 is 14.7 Å². The zero-order valence-corrected chi connectivity index (χ0v) is 10.3. The Morgan fingerprint density at radius 3 is 2.44 bits per heavy atom. The third-order valence-electron chi connectivity index (χ3n) is 3.52. The maximum Gasteiger partial charge on any atom is 0.315 e. The van der Waals surface area contributed by atoms with Crippen molar-refractivity contribution in [2.24, 2.45) is 5.92 Å². The van der Waals surface area contributed by atoms with Crippen molar-refractivity contribution in [1.29, 1.82) is 0 Å². The first-order chi connectivity index (χ1) is 8.58. The second kappa shape index (κ2) is 5.21. The molecule has 0 saturated heterocycles. The minimum Gasteiger partial charge on any atom is -0.481 e. The summed E-state index contributed by atoms with van der Waals surface area (Å²) in [4.78, 5) is 22.2. The fraction of sp³-hybridized carbons (Fsp3) is 0.429. The molecule has 1 aliphatic carbocycles. The van der Waals surface area contributed by atoms with E-state index in [2.05, 4.69) is 17.4 Å². The second-order valence-corrected chi connectivity index (χ2v) is 4.84. The maximum atomic E-state index is 11.5. The van der Waals surface area contributed by atoms with Crippen molar-refractivity contribution in [2.45, 2.75) is 31.7 Å². The van der Waals surface area contributed by atoms with E-state index in [0.717, 1.165) is 12.8 Å². The maximum absolute atomic E-state index is 11.5. The van der Waals surface area contributed by atoms with Gasteiger partial charge in [-0.2, -0.15) is 0 Å². The van der Waals surface area contributed by atoms with Gasteiger partial charge >= 0.3 is 5.97 Å². The van der Waals surface area contributed by atoms with E-state index < -0.39 is 11.9 Å². The molecule has 1 aromatic carbocycles. The molecule has 2 N–H and O–H groups in total. The van der Waals surface area contributed by atoms with Crippen LogP contribution in [0.5, 0.6) is 0 Å². The van der Waals surface area contributed by atoms with Gasteiger partial charge in [0.15, 0.2) is 0 Å². The van der Waals surface area contributed by atoms with Crippen LogP contribution in [0.15, 0.2) is 30.3 Å². The topological polar surface area (TPSA) is 66.4 Å². The van der Waals surface area contributed by atoms with E-state index >= 15 is 0 Å². The van der Waals surface area contributed by atoms with Gasteiger partial charge in [-0.1, -0.05) is 30.3 Å². The van der Waals surface area contributed by atoms with Crippen LogP contribution >= 0.6 is 0 Å². The molecule has 18 heavy (non-hydrogen) atoms. The lowest BCUT2D eigenvalue weighted by molar-refractivity contribution is -0.146. The average molecular weight is 247 g/mol.